The lowest BCUT2D eigenvalue weighted by Gasteiger charge is -2.10. The van der Waals surface area contributed by atoms with Gasteiger partial charge in [0.15, 0.2) is 11.5 Å². The van der Waals surface area contributed by atoms with Gasteiger partial charge in [-0.1, -0.05) is 6.08 Å². The van der Waals surface area contributed by atoms with Crippen LogP contribution >= 0.6 is 0 Å². The van der Waals surface area contributed by atoms with Crippen molar-refractivity contribution < 1.29 is 9.84 Å². The summed E-state index contributed by atoms with van der Waals surface area (Å²) in [5, 5.41) is 21.6. The number of nitrogens with zero attached hydrogens (tertiary/aromatic N) is 4. The molecule has 0 spiro atoms. The summed E-state index contributed by atoms with van der Waals surface area (Å²) in [5.74, 6) is 0.588. The molecule has 0 saturated heterocycles. The molecule has 0 aliphatic carbocycles. The van der Waals surface area contributed by atoms with Crippen LogP contribution in [-0.2, 0) is 6.42 Å². The Morgan fingerprint density at radius 1 is 1.40 bits per heavy atom. The highest BCUT2D eigenvalue weighted by molar-refractivity contribution is 5.81. The molecule has 0 radical (unpaired) electrons. The SMILES string of the molecule is C=CCc1cc(/C=N/n2cnnc2)cc(OCC)c1O. The minimum Gasteiger partial charge on any atom is -0.504 e. The van der Waals surface area contributed by atoms with E-state index in [4.69, 9.17) is 4.74 Å². The molecule has 1 aromatic heterocycles. The van der Waals surface area contributed by atoms with E-state index >= 15 is 0 Å². The Morgan fingerprint density at radius 3 is 2.80 bits per heavy atom. The first-order valence-corrected chi connectivity index (χ1v) is 6.23. The van der Waals surface area contributed by atoms with Crippen molar-refractivity contribution in [1.82, 2.24) is 14.9 Å². The average Bonchev–Trinajstić information content (AvgIpc) is 2.95. The topological polar surface area (TPSA) is 72.5 Å². The second-order valence-electron chi connectivity index (χ2n) is 4.04. The fourth-order valence-electron chi connectivity index (χ4n) is 1.73. The van der Waals surface area contributed by atoms with Crippen molar-refractivity contribution in [2.24, 2.45) is 5.10 Å². The lowest BCUT2D eigenvalue weighted by molar-refractivity contribution is 0.317. The number of hydrogen-bond donors (Lipinski definition) is 1. The predicted molar refractivity (Wildman–Crippen MR) is 76.2 cm³/mol. The van der Waals surface area contributed by atoms with E-state index in [0.717, 1.165) is 11.1 Å². The number of hydrogen-bond acceptors (Lipinski definition) is 5. The molecule has 0 saturated carbocycles. The van der Waals surface area contributed by atoms with Crippen molar-refractivity contribution in [2.45, 2.75) is 13.3 Å². The molecule has 0 unspecified atom stereocenters. The van der Waals surface area contributed by atoms with E-state index in [1.165, 1.54) is 17.3 Å². The van der Waals surface area contributed by atoms with Crippen molar-refractivity contribution in [2.75, 3.05) is 6.61 Å². The first-order valence-electron chi connectivity index (χ1n) is 6.23. The third kappa shape index (κ3) is 3.23. The van der Waals surface area contributed by atoms with E-state index in [1.807, 2.05) is 13.0 Å². The van der Waals surface area contributed by atoms with Gasteiger partial charge < -0.3 is 9.84 Å². The summed E-state index contributed by atoms with van der Waals surface area (Å²) < 4.78 is 6.91. The van der Waals surface area contributed by atoms with Gasteiger partial charge in [-0.25, -0.2) is 4.68 Å². The second-order valence-corrected chi connectivity index (χ2v) is 4.04. The summed E-state index contributed by atoms with van der Waals surface area (Å²) in [6.07, 6.45) is 6.92. The number of rotatable bonds is 6. The van der Waals surface area contributed by atoms with Gasteiger partial charge in [0.2, 0.25) is 0 Å². The Hall–Kier alpha value is -2.63. The Bertz CT molecular complexity index is 606. The van der Waals surface area contributed by atoms with Crippen LogP contribution in [0, 0.1) is 0 Å². The standard InChI is InChI=1S/C14H16N4O2/c1-3-5-12-6-11(7-13(14(12)19)20-4-2)8-17-18-9-15-16-10-18/h3,6-10,19H,1,4-5H2,2H3/b17-8+. The van der Waals surface area contributed by atoms with Crippen molar-refractivity contribution >= 4 is 6.21 Å². The number of ether oxygens (including phenoxy) is 1. The highest BCUT2D eigenvalue weighted by Crippen LogP contribution is 2.31. The van der Waals surface area contributed by atoms with Crippen molar-refractivity contribution in [3.8, 4) is 11.5 Å². The first kappa shape index (κ1) is 13.8. The van der Waals surface area contributed by atoms with Crippen LogP contribution in [0.4, 0.5) is 0 Å². The van der Waals surface area contributed by atoms with Crippen LogP contribution in [0.25, 0.3) is 0 Å². The van der Waals surface area contributed by atoms with Gasteiger partial charge in [0.25, 0.3) is 0 Å². The van der Waals surface area contributed by atoms with Crippen LogP contribution in [0.5, 0.6) is 11.5 Å². The minimum atomic E-state index is 0.146. The van der Waals surface area contributed by atoms with Crippen LogP contribution < -0.4 is 4.74 Å². The molecule has 104 valence electrons. The maximum Gasteiger partial charge on any atom is 0.161 e. The van der Waals surface area contributed by atoms with Gasteiger partial charge in [-0.3, -0.25) is 0 Å². The Balaban J connectivity index is 2.34. The van der Waals surface area contributed by atoms with Gasteiger partial charge in [-0.2, -0.15) is 5.10 Å². The van der Waals surface area contributed by atoms with E-state index in [-0.39, 0.29) is 5.75 Å². The van der Waals surface area contributed by atoms with Gasteiger partial charge in [0.1, 0.15) is 12.7 Å². The predicted octanol–water partition coefficient (Wildman–Crippen LogP) is 1.99. The normalized spacial score (nSPS) is 10.8. The molecule has 0 bridgehead atoms. The number of aromatic nitrogens is 3. The summed E-state index contributed by atoms with van der Waals surface area (Å²) in [5.41, 5.74) is 1.56. The monoisotopic (exact) mass is 272 g/mol. The fraction of sp³-hybridized carbons (Fsp3) is 0.214. The van der Waals surface area contributed by atoms with E-state index in [1.54, 1.807) is 18.4 Å². The van der Waals surface area contributed by atoms with Gasteiger partial charge in [0, 0.05) is 5.56 Å². The fourth-order valence-corrected chi connectivity index (χ4v) is 1.73. The van der Waals surface area contributed by atoms with E-state index in [9.17, 15) is 5.11 Å². The Morgan fingerprint density at radius 2 is 2.15 bits per heavy atom. The number of allylic oxidation sites excluding steroid dienone is 1. The van der Waals surface area contributed by atoms with Crippen LogP contribution in [0.15, 0.2) is 42.5 Å². The third-order valence-electron chi connectivity index (χ3n) is 2.59. The third-order valence-corrected chi connectivity index (χ3v) is 2.59. The molecule has 6 heteroatoms. The zero-order valence-corrected chi connectivity index (χ0v) is 11.2. The lowest BCUT2D eigenvalue weighted by atomic mass is 10.1. The molecule has 0 aliphatic rings. The quantitative estimate of drug-likeness (QED) is 0.644. The lowest BCUT2D eigenvalue weighted by Crippen LogP contribution is -1.97. The van der Waals surface area contributed by atoms with Crippen LogP contribution in [0.1, 0.15) is 18.1 Å². The molecule has 20 heavy (non-hydrogen) atoms. The molecule has 0 atom stereocenters. The zero-order chi connectivity index (χ0) is 14.4. The molecular formula is C14H16N4O2. The highest BCUT2D eigenvalue weighted by Gasteiger charge is 2.09. The second kappa shape index (κ2) is 6.51. The minimum absolute atomic E-state index is 0.146. The van der Waals surface area contributed by atoms with Crippen LogP contribution in [0.3, 0.4) is 0 Å². The summed E-state index contributed by atoms with van der Waals surface area (Å²) in [6.45, 7) is 6.03. The van der Waals surface area contributed by atoms with Gasteiger partial charge in [-0.05, 0) is 31.0 Å². The number of benzene rings is 1. The highest BCUT2D eigenvalue weighted by atomic mass is 16.5. The largest absolute Gasteiger partial charge is 0.504 e. The summed E-state index contributed by atoms with van der Waals surface area (Å²) in [4.78, 5) is 0. The molecule has 2 rings (SSSR count). The van der Waals surface area contributed by atoms with E-state index in [0.29, 0.717) is 18.8 Å². The van der Waals surface area contributed by atoms with Gasteiger partial charge in [-0.15, -0.1) is 16.8 Å². The zero-order valence-electron chi connectivity index (χ0n) is 11.2. The van der Waals surface area contributed by atoms with Gasteiger partial charge in [0.05, 0.1) is 12.8 Å². The van der Waals surface area contributed by atoms with Crippen molar-refractivity contribution in [3.05, 3.63) is 48.6 Å². The van der Waals surface area contributed by atoms with Crippen LogP contribution in [-0.4, -0.2) is 32.8 Å². The van der Waals surface area contributed by atoms with Crippen molar-refractivity contribution in [1.29, 1.82) is 0 Å². The summed E-state index contributed by atoms with van der Waals surface area (Å²) >= 11 is 0. The van der Waals surface area contributed by atoms with Crippen LogP contribution in [0.2, 0.25) is 0 Å². The average molecular weight is 272 g/mol. The Kier molecular flexibility index (Phi) is 4.49. The smallest absolute Gasteiger partial charge is 0.161 e. The van der Waals surface area contributed by atoms with Crippen molar-refractivity contribution in [3.63, 3.8) is 0 Å². The molecule has 2 aromatic rings. The number of aromatic hydroxyl groups is 1. The summed E-state index contributed by atoms with van der Waals surface area (Å²) in [6, 6.07) is 3.58. The first-order chi connectivity index (χ1) is 9.74. The molecular weight excluding hydrogens is 256 g/mol. The maximum atomic E-state index is 10.1. The molecule has 1 heterocycles. The molecule has 6 nitrogen and oxygen atoms in total. The number of phenols is 1. The van der Waals surface area contributed by atoms with E-state index < -0.39 is 0 Å². The maximum absolute atomic E-state index is 10.1. The molecule has 0 fully saturated rings. The number of phenolic OH excluding ortho intramolecular Hbond substituents is 1. The molecule has 0 amide bonds. The summed E-state index contributed by atoms with van der Waals surface area (Å²) in [7, 11) is 0. The molecule has 1 N–H and O–H groups in total. The Labute approximate surface area is 117 Å². The van der Waals surface area contributed by atoms with E-state index in [2.05, 4.69) is 21.9 Å². The molecule has 0 aliphatic heterocycles. The molecule has 1 aromatic carbocycles. The van der Waals surface area contributed by atoms with Gasteiger partial charge >= 0.3 is 0 Å².